The number of hydrogen-bond donors (Lipinski definition) is 2. The number of carbonyl (C=O) groups excluding carboxylic acids is 1. The van der Waals surface area contributed by atoms with Crippen molar-refractivity contribution in [1.82, 2.24) is 5.32 Å². The van der Waals surface area contributed by atoms with E-state index in [-0.39, 0.29) is 11.7 Å². The Kier molecular flexibility index (Phi) is 5.76. The summed E-state index contributed by atoms with van der Waals surface area (Å²) in [5, 5.41) is 13.1. The lowest BCUT2D eigenvalue weighted by molar-refractivity contribution is -0.115. The number of aliphatic imine (C=N–C) groups is 1. The van der Waals surface area contributed by atoms with Crippen molar-refractivity contribution in [3.05, 3.63) is 50.8 Å². The molecule has 0 spiro atoms. The van der Waals surface area contributed by atoms with Crippen molar-refractivity contribution in [2.24, 2.45) is 4.99 Å². The highest BCUT2D eigenvalue weighted by molar-refractivity contribution is 9.10. The van der Waals surface area contributed by atoms with Crippen molar-refractivity contribution in [3.8, 4) is 17.2 Å². The van der Waals surface area contributed by atoms with Gasteiger partial charge in [-0.3, -0.25) is 4.79 Å². The number of aromatic hydroxyl groups is 1. The van der Waals surface area contributed by atoms with Crippen LogP contribution in [0.5, 0.6) is 17.2 Å². The second kappa shape index (κ2) is 8.06. The van der Waals surface area contributed by atoms with Crippen LogP contribution in [0, 0.1) is 6.92 Å². The summed E-state index contributed by atoms with van der Waals surface area (Å²) in [7, 11) is 3.05. The Labute approximate surface area is 169 Å². The molecule has 1 aliphatic heterocycles. The summed E-state index contributed by atoms with van der Waals surface area (Å²) in [5.41, 5.74) is 2.40. The van der Waals surface area contributed by atoms with Crippen LogP contribution in [0.1, 0.15) is 11.1 Å². The number of phenols is 1. The number of aryl methyl sites for hydroxylation is 1. The van der Waals surface area contributed by atoms with E-state index in [9.17, 15) is 9.90 Å². The van der Waals surface area contributed by atoms with Crippen LogP contribution in [0.25, 0.3) is 6.08 Å². The fourth-order valence-electron chi connectivity index (χ4n) is 2.46. The summed E-state index contributed by atoms with van der Waals surface area (Å²) in [6.07, 6.45) is 1.71. The first-order valence-electron chi connectivity index (χ1n) is 7.92. The number of carbonyl (C=O) groups is 1. The molecule has 0 unspecified atom stereocenters. The van der Waals surface area contributed by atoms with E-state index in [0.717, 1.165) is 5.56 Å². The molecule has 1 fully saturated rings. The van der Waals surface area contributed by atoms with Crippen molar-refractivity contribution in [1.29, 1.82) is 0 Å². The number of amides is 1. The number of methoxy groups -OCH3 is 2. The molecule has 2 aromatic rings. The first-order chi connectivity index (χ1) is 12.9. The van der Waals surface area contributed by atoms with Gasteiger partial charge in [0.2, 0.25) is 0 Å². The molecule has 1 saturated heterocycles. The van der Waals surface area contributed by atoms with Crippen LogP contribution in [-0.2, 0) is 4.79 Å². The topological polar surface area (TPSA) is 80.2 Å². The quantitative estimate of drug-likeness (QED) is 0.678. The molecule has 2 N–H and O–H groups in total. The Morgan fingerprint density at radius 2 is 1.93 bits per heavy atom. The minimum Gasteiger partial charge on any atom is -0.503 e. The largest absolute Gasteiger partial charge is 0.503 e. The van der Waals surface area contributed by atoms with E-state index in [2.05, 4.69) is 26.2 Å². The van der Waals surface area contributed by atoms with Gasteiger partial charge in [-0.2, -0.15) is 0 Å². The summed E-state index contributed by atoms with van der Waals surface area (Å²) < 4.78 is 10.9. The number of hydrogen-bond acceptors (Lipinski definition) is 6. The predicted octanol–water partition coefficient (Wildman–Crippen LogP) is 4.37. The SMILES string of the molecule is COc1ccc(C)cc1N=C1NC(=O)/C(=C/c2cc(Br)c(O)c(OC)c2)S1. The average molecular weight is 449 g/mol. The van der Waals surface area contributed by atoms with Gasteiger partial charge in [0, 0.05) is 0 Å². The Balaban J connectivity index is 1.91. The lowest BCUT2D eigenvalue weighted by atomic mass is 10.2. The molecule has 0 bridgehead atoms. The van der Waals surface area contributed by atoms with Crippen LogP contribution in [0.15, 0.2) is 44.7 Å². The zero-order chi connectivity index (χ0) is 19.6. The maximum absolute atomic E-state index is 12.3. The van der Waals surface area contributed by atoms with E-state index in [1.54, 1.807) is 25.3 Å². The molecule has 27 heavy (non-hydrogen) atoms. The molecule has 2 aromatic carbocycles. The van der Waals surface area contributed by atoms with Crippen molar-refractivity contribution < 1.29 is 19.4 Å². The summed E-state index contributed by atoms with van der Waals surface area (Å²) in [6.45, 7) is 1.96. The van der Waals surface area contributed by atoms with E-state index in [1.807, 2.05) is 25.1 Å². The number of thioether (sulfide) groups is 1. The molecular formula is C19H17BrN2O4S. The van der Waals surface area contributed by atoms with Crippen LogP contribution in [0.4, 0.5) is 5.69 Å². The zero-order valence-electron chi connectivity index (χ0n) is 14.9. The third kappa shape index (κ3) is 4.28. The van der Waals surface area contributed by atoms with E-state index in [4.69, 9.17) is 9.47 Å². The lowest BCUT2D eigenvalue weighted by Crippen LogP contribution is -2.19. The molecule has 8 heteroatoms. The van der Waals surface area contributed by atoms with Crippen LogP contribution in [0.3, 0.4) is 0 Å². The fraction of sp³-hybridized carbons (Fsp3) is 0.158. The van der Waals surface area contributed by atoms with E-state index in [1.165, 1.54) is 18.9 Å². The van der Waals surface area contributed by atoms with E-state index in [0.29, 0.717) is 37.3 Å². The van der Waals surface area contributed by atoms with Gasteiger partial charge >= 0.3 is 0 Å². The average Bonchev–Trinajstić information content (AvgIpc) is 2.97. The number of nitrogens with zero attached hydrogens (tertiary/aromatic N) is 1. The Morgan fingerprint density at radius 1 is 1.19 bits per heavy atom. The first kappa shape index (κ1) is 19.3. The van der Waals surface area contributed by atoms with Crippen LogP contribution < -0.4 is 14.8 Å². The highest BCUT2D eigenvalue weighted by Crippen LogP contribution is 2.37. The smallest absolute Gasteiger partial charge is 0.264 e. The molecular weight excluding hydrogens is 432 g/mol. The Morgan fingerprint density at radius 3 is 2.63 bits per heavy atom. The monoisotopic (exact) mass is 448 g/mol. The molecule has 0 saturated carbocycles. The van der Waals surface area contributed by atoms with Gasteiger partial charge < -0.3 is 19.9 Å². The third-order valence-electron chi connectivity index (χ3n) is 3.78. The summed E-state index contributed by atoms with van der Waals surface area (Å²) in [4.78, 5) is 17.3. The summed E-state index contributed by atoms with van der Waals surface area (Å²) >= 11 is 4.51. The van der Waals surface area contributed by atoms with Gasteiger partial charge in [0.25, 0.3) is 5.91 Å². The molecule has 6 nitrogen and oxygen atoms in total. The molecule has 0 aromatic heterocycles. The molecule has 0 atom stereocenters. The molecule has 140 valence electrons. The third-order valence-corrected chi connectivity index (χ3v) is 5.29. The van der Waals surface area contributed by atoms with Gasteiger partial charge in [-0.25, -0.2) is 4.99 Å². The summed E-state index contributed by atoms with van der Waals surface area (Å²) in [5.74, 6) is 0.719. The maximum atomic E-state index is 12.3. The standard InChI is InChI=1S/C19H17BrN2O4S/c1-10-4-5-14(25-2)13(6-10)21-19-22-18(24)16(27-19)9-11-7-12(20)17(23)15(8-11)26-3/h4-9,23H,1-3H3,(H,21,22,24)/b16-9-. The van der Waals surface area contributed by atoms with E-state index >= 15 is 0 Å². The highest BCUT2D eigenvalue weighted by atomic mass is 79.9. The van der Waals surface area contributed by atoms with Gasteiger partial charge in [-0.1, -0.05) is 6.07 Å². The molecule has 0 aliphatic carbocycles. The van der Waals surface area contributed by atoms with Crippen LogP contribution >= 0.6 is 27.7 Å². The predicted molar refractivity (Wildman–Crippen MR) is 111 cm³/mol. The second-order valence-corrected chi connectivity index (χ2v) is 7.60. The van der Waals surface area contributed by atoms with Crippen LogP contribution in [-0.4, -0.2) is 30.4 Å². The maximum Gasteiger partial charge on any atom is 0.264 e. The number of ether oxygens (including phenoxy) is 2. The summed E-state index contributed by atoms with van der Waals surface area (Å²) in [6, 6.07) is 9.02. The molecule has 3 rings (SSSR count). The number of nitrogens with one attached hydrogen (secondary N) is 1. The normalized spacial score (nSPS) is 16.7. The minimum absolute atomic E-state index is 0.0111. The molecule has 1 amide bonds. The molecule has 0 radical (unpaired) electrons. The number of halogens is 1. The zero-order valence-corrected chi connectivity index (χ0v) is 17.3. The second-order valence-electron chi connectivity index (χ2n) is 5.71. The molecule has 1 heterocycles. The highest BCUT2D eigenvalue weighted by Gasteiger charge is 2.24. The Hall–Kier alpha value is -2.45. The van der Waals surface area contributed by atoms with Crippen molar-refractivity contribution in [2.75, 3.05) is 14.2 Å². The van der Waals surface area contributed by atoms with Gasteiger partial charge in [-0.15, -0.1) is 0 Å². The minimum atomic E-state index is -0.242. The van der Waals surface area contributed by atoms with Gasteiger partial charge in [0.1, 0.15) is 11.4 Å². The van der Waals surface area contributed by atoms with Crippen molar-refractivity contribution in [2.45, 2.75) is 6.92 Å². The number of amidine groups is 1. The van der Waals surface area contributed by atoms with Crippen LogP contribution in [0.2, 0.25) is 0 Å². The number of phenolic OH excluding ortho intramolecular Hbond substituents is 1. The van der Waals surface area contributed by atoms with Crippen molar-refractivity contribution in [3.63, 3.8) is 0 Å². The number of benzene rings is 2. The molecule has 1 aliphatic rings. The van der Waals surface area contributed by atoms with Gasteiger partial charge in [0.05, 0.1) is 23.6 Å². The fourth-order valence-corrected chi connectivity index (χ4v) is 3.76. The lowest BCUT2D eigenvalue weighted by Gasteiger charge is -2.06. The number of rotatable bonds is 4. The van der Waals surface area contributed by atoms with Gasteiger partial charge in [-0.05, 0) is 76.1 Å². The van der Waals surface area contributed by atoms with Gasteiger partial charge in [0.15, 0.2) is 16.7 Å². The van der Waals surface area contributed by atoms with E-state index < -0.39 is 0 Å². The van der Waals surface area contributed by atoms with Crippen molar-refractivity contribution >= 4 is 50.5 Å². The first-order valence-corrected chi connectivity index (χ1v) is 9.53. The Bertz CT molecular complexity index is 972.